The molecule has 2 fully saturated rings. The molecular weight excluding hydrogens is 238 g/mol. The van der Waals surface area contributed by atoms with Crippen molar-refractivity contribution in [1.29, 1.82) is 0 Å². The van der Waals surface area contributed by atoms with Crippen molar-refractivity contribution in [3.8, 4) is 0 Å². The van der Waals surface area contributed by atoms with Gasteiger partial charge in [0, 0.05) is 32.2 Å². The standard InChI is InChI=1S/C15H31N3O/c1-4-6-16-15-5-7-18(10-13(15)2)12-14-11-17(3)8-9-19-14/h13-16H,4-12H2,1-3H3. The first-order valence-electron chi connectivity index (χ1n) is 7.95. The summed E-state index contributed by atoms with van der Waals surface area (Å²) in [5, 5.41) is 3.69. The molecular formula is C15H31N3O. The van der Waals surface area contributed by atoms with Crippen LogP contribution < -0.4 is 5.32 Å². The van der Waals surface area contributed by atoms with E-state index in [9.17, 15) is 0 Å². The zero-order valence-corrected chi connectivity index (χ0v) is 12.9. The average molecular weight is 269 g/mol. The molecule has 19 heavy (non-hydrogen) atoms. The minimum Gasteiger partial charge on any atom is -0.374 e. The highest BCUT2D eigenvalue weighted by Gasteiger charge is 2.28. The zero-order chi connectivity index (χ0) is 13.7. The molecule has 1 N–H and O–H groups in total. The lowest BCUT2D eigenvalue weighted by Gasteiger charge is -2.40. The molecule has 0 saturated carbocycles. The normalized spacial score (nSPS) is 34.6. The number of hydrogen-bond acceptors (Lipinski definition) is 4. The van der Waals surface area contributed by atoms with Crippen molar-refractivity contribution < 1.29 is 4.74 Å². The molecule has 0 aliphatic carbocycles. The van der Waals surface area contributed by atoms with E-state index >= 15 is 0 Å². The number of rotatable bonds is 5. The molecule has 0 aromatic heterocycles. The van der Waals surface area contributed by atoms with Gasteiger partial charge in [-0.15, -0.1) is 0 Å². The number of nitrogens with zero attached hydrogens (tertiary/aromatic N) is 2. The Balaban J connectivity index is 1.72. The fraction of sp³-hybridized carbons (Fsp3) is 1.00. The largest absolute Gasteiger partial charge is 0.374 e. The second-order valence-electron chi connectivity index (χ2n) is 6.34. The number of likely N-dealkylation sites (N-methyl/N-ethyl adjacent to an activating group) is 1. The predicted octanol–water partition coefficient (Wildman–Crippen LogP) is 1.03. The first-order chi connectivity index (χ1) is 9.19. The van der Waals surface area contributed by atoms with Gasteiger partial charge in [-0.1, -0.05) is 13.8 Å². The molecule has 0 spiro atoms. The van der Waals surface area contributed by atoms with Gasteiger partial charge in [-0.3, -0.25) is 0 Å². The molecule has 4 nitrogen and oxygen atoms in total. The molecule has 2 heterocycles. The molecule has 0 aromatic rings. The van der Waals surface area contributed by atoms with Crippen molar-refractivity contribution >= 4 is 0 Å². The summed E-state index contributed by atoms with van der Waals surface area (Å²) in [6, 6.07) is 0.714. The van der Waals surface area contributed by atoms with Gasteiger partial charge in [-0.05, 0) is 38.9 Å². The first-order valence-corrected chi connectivity index (χ1v) is 7.95. The highest BCUT2D eigenvalue weighted by molar-refractivity contribution is 4.84. The minimum absolute atomic E-state index is 0.408. The third kappa shape index (κ3) is 4.71. The number of piperidine rings is 1. The van der Waals surface area contributed by atoms with Gasteiger partial charge in [0.1, 0.15) is 0 Å². The van der Waals surface area contributed by atoms with Crippen LogP contribution in [0.3, 0.4) is 0 Å². The maximum Gasteiger partial charge on any atom is 0.0829 e. The fourth-order valence-electron chi connectivity index (χ4n) is 3.30. The van der Waals surface area contributed by atoms with Crippen molar-refractivity contribution in [2.24, 2.45) is 5.92 Å². The van der Waals surface area contributed by atoms with Gasteiger partial charge in [0.25, 0.3) is 0 Å². The lowest BCUT2D eigenvalue weighted by atomic mass is 9.93. The van der Waals surface area contributed by atoms with E-state index in [4.69, 9.17) is 4.74 Å². The molecule has 0 radical (unpaired) electrons. The first kappa shape index (κ1) is 15.2. The topological polar surface area (TPSA) is 27.7 Å². The Morgan fingerprint density at radius 1 is 1.26 bits per heavy atom. The summed E-state index contributed by atoms with van der Waals surface area (Å²) < 4.78 is 5.88. The Bertz CT molecular complexity index is 262. The van der Waals surface area contributed by atoms with Gasteiger partial charge in [0.2, 0.25) is 0 Å². The molecule has 0 amide bonds. The highest BCUT2D eigenvalue weighted by atomic mass is 16.5. The van der Waals surface area contributed by atoms with Gasteiger partial charge in [-0.25, -0.2) is 0 Å². The van der Waals surface area contributed by atoms with E-state index in [2.05, 4.69) is 36.0 Å². The molecule has 2 aliphatic heterocycles. The van der Waals surface area contributed by atoms with E-state index in [0.717, 1.165) is 38.7 Å². The van der Waals surface area contributed by atoms with E-state index in [0.29, 0.717) is 12.1 Å². The Labute approximate surface area is 118 Å². The summed E-state index contributed by atoms with van der Waals surface area (Å²) in [7, 11) is 2.19. The van der Waals surface area contributed by atoms with Crippen molar-refractivity contribution in [2.75, 3.05) is 52.9 Å². The minimum atomic E-state index is 0.408. The smallest absolute Gasteiger partial charge is 0.0829 e. The molecule has 2 saturated heterocycles. The molecule has 0 aromatic carbocycles. The molecule has 2 aliphatic rings. The number of likely N-dealkylation sites (tertiary alicyclic amines) is 1. The van der Waals surface area contributed by atoms with Crippen LogP contribution in [0.4, 0.5) is 0 Å². The maximum absolute atomic E-state index is 5.88. The van der Waals surface area contributed by atoms with Gasteiger partial charge in [0.05, 0.1) is 12.7 Å². The van der Waals surface area contributed by atoms with Crippen LogP contribution in [-0.4, -0.2) is 74.9 Å². The molecule has 0 bridgehead atoms. The van der Waals surface area contributed by atoms with Crippen molar-refractivity contribution in [1.82, 2.24) is 15.1 Å². The third-order valence-corrected chi connectivity index (χ3v) is 4.45. The van der Waals surface area contributed by atoms with Crippen LogP contribution in [0, 0.1) is 5.92 Å². The highest BCUT2D eigenvalue weighted by Crippen LogP contribution is 2.18. The maximum atomic E-state index is 5.88. The summed E-state index contributed by atoms with van der Waals surface area (Å²) in [5.74, 6) is 0.752. The molecule has 3 unspecified atom stereocenters. The van der Waals surface area contributed by atoms with Gasteiger partial charge in [-0.2, -0.15) is 0 Å². The zero-order valence-electron chi connectivity index (χ0n) is 12.9. The van der Waals surface area contributed by atoms with Crippen LogP contribution in [-0.2, 0) is 4.74 Å². The summed E-state index contributed by atoms with van der Waals surface area (Å²) >= 11 is 0. The summed E-state index contributed by atoms with van der Waals surface area (Å²) in [6.45, 7) is 12.4. The van der Waals surface area contributed by atoms with Gasteiger partial charge in [0.15, 0.2) is 0 Å². The Morgan fingerprint density at radius 2 is 2.11 bits per heavy atom. The van der Waals surface area contributed by atoms with E-state index < -0.39 is 0 Å². The van der Waals surface area contributed by atoms with Gasteiger partial charge < -0.3 is 19.9 Å². The SMILES string of the molecule is CCCNC1CCN(CC2CN(C)CCO2)CC1C. The van der Waals surface area contributed by atoms with Gasteiger partial charge >= 0.3 is 0 Å². The Hall–Kier alpha value is -0.160. The molecule has 2 rings (SSSR count). The molecule has 3 atom stereocenters. The quantitative estimate of drug-likeness (QED) is 0.807. The van der Waals surface area contributed by atoms with E-state index in [-0.39, 0.29) is 0 Å². The number of ether oxygens (including phenoxy) is 1. The number of hydrogen-bond donors (Lipinski definition) is 1. The lowest BCUT2D eigenvalue weighted by molar-refractivity contribution is -0.0415. The number of morpholine rings is 1. The molecule has 112 valence electrons. The van der Waals surface area contributed by atoms with Crippen LogP contribution in [0.1, 0.15) is 26.7 Å². The molecule has 4 heteroatoms. The number of nitrogens with one attached hydrogen (secondary N) is 1. The van der Waals surface area contributed by atoms with Crippen LogP contribution >= 0.6 is 0 Å². The van der Waals surface area contributed by atoms with E-state index in [1.54, 1.807) is 0 Å². The Kier molecular flexibility index (Phi) is 6.07. The van der Waals surface area contributed by atoms with E-state index in [1.165, 1.54) is 25.9 Å². The second kappa shape index (κ2) is 7.58. The van der Waals surface area contributed by atoms with Crippen LogP contribution in [0.2, 0.25) is 0 Å². The van der Waals surface area contributed by atoms with Crippen LogP contribution in [0.15, 0.2) is 0 Å². The van der Waals surface area contributed by atoms with E-state index in [1.807, 2.05) is 0 Å². The monoisotopic (exact) mass is 269 g/mol. The fourth-order valence-corrected chi connectivity index (χ4v) is 3.30. The van der Waals surface area contributed by atoms with Crippen molar-refractivity contribution in [2.45, 2.75) is 38.8 Å². The second-order valence-corrected chi connectivity index (χ2v) is 6.34. The van der Waals surface area contributed by atoms with Crippen LogP contribution in [0.5, 0.6) is 0 Å². The third-order valence-electron chi connectivity index (χ3n) is 4.45. The van der Waals surface area contributed by atoms with Crippen LogP contribution in [0.25, 0.3) is 0 Å². The predicted molar refractivity (Wildman–Crippen MR) is 79.5 cm³/mol. The lowest BCUT2D eigenvalue weighted by Crippen LogP contribution is -2.52. The van der Waals surface area contributed by atoms with Crippen molar-refractivity contribution in [3.05, 3.63) is 0 Å². The Morgan fingerprint density at radius 3 is 2.79 bits per heavy atom. The van der Waals surface area contributed by atoms with Crippen molar-refractivity contribution in [3.63, 3.8) is 0 Å². The average Bonchev–Trinajstić information content (AvgIpc) is 2.38. The summed E-state index contributed by atoms with van der Waals surface area (Å²) in [6.07, 6.45) is 2.92. The summed E-state index contributed by atoms with van der Waals surface area (Å²) in [5.41, 5.74) is 0. The summed E-state index contributed by atoms with van der Waals surface area (Å²) in [4.78, 5) is 4.98.